The summed E-state index contributed by atoms with van der Waals surface area (Å²) < 4.78 is 28.0. The Kier molecular flexibility index (Phi) is 3.81. The standard InChI is InChI=1S/C13H12N2O5S/c1-21(18,19)9-4-2-8(3-5-9)20-12-6-10(13(16)17)11(14)7-15-12/h2-7H,14H2,1H3,(H,16,17). The number of anilines is 1. The number of ether oxygens (including phenoxy) is 1. The number of benzene rings is 1. The number of carboxylic acids is 1. The lowest BCUT2D eigenvalue weighted by atomic mass is 10.2. The fourth-order valence-electron chi connectivity index (χ4n) is 1.56. The van der Waals surface area contributed by atoms with Gasteiger partial charge in [-0.2, -0.15) is 0 Å². The summed E-state index contributed by atoms with van der Waals surface area (Å²) in [6.07, 6.45) is 2.28. The van der Waals surface area contributed by atoms with E-state index in [4.69, 9.17) is 15.6 Å². The third-order valence-corrected chi connectivity index (χ3v) is 3.74. The van der Waals surface area contributed by atoms with Gasteiger partial charge in [0.15, 0.2) is 9.84 Å². The average molecular weight is 308 g/mol. The first-order valence-corrected chi connectivity index (χ1v) is 7.63. The minimum Gasteiger partial charge on any atom is -0.478 e. The van der Waals surface area contributed by atoms with E-state index in [1.165, 1.54) is 36.5 Å². The highest BCUT2D eigenvalue weighted by atomic mass is 32.2. The molecular formula is C13H12N2O5S. The fraction of sp³-hybridized carbons (Fsp3) is 0.0769. The van der Waals surface area contributed by atoms with Crippen LogP contribution in [0.1, 0.15) is 10.4 Å². The number of rotatable bonds is 4. The van der Waals surface area contributed by atoms with Crippen LogP contribution in [0, 0.1) is 0 Å². The molecule has 0 bridgehead atoms. The summed E-state index contributed by atoms with van der Waals surface area (Å²) in [6, 6.07) is 6.88. The second-order valence-corrected chi connectivity index (χ2v) is 6.28. The predicted octanol–water partition coefficient (Wildman–Crippen LogP) is 1.56. The zero-order valence-electron chi connectivity index (χ0n) is 11.0. The smallest absolute Gasteiger partial charge is 0.338 e. The van der Waals surface area contributed by atoms with Crippen molar-refractivity contribution in [3.8, 4) is 11.6 Å². The van der Waals surface area contributed by atoms with Gasteiger partial charge in [-0.1, -0.05) is 0 Å². The molecule has 8 heteroatoms. The maximum absolute atomic E-state index is 11.3. The molecular weight excluding hydrogens is 296 g/mol. The van der Waals surface area contributed by atoms with E-state index in [9.17, 15) is 13.2 Å². The number of nitrogens with two attached hydrogens (primary N) is 1. The average Bonchev–Trinajstić information content (AvgIpc) is 2.40. The third-order valence-electron chi connectivity index (χ3n) is 2.61. The van der Waals surface area contributed by atoms with Crippen molar-refractivity contribution in [2.24, 2.45) is 0 Å². The van der Waals surface area contributed by atoms with Crippen LogP contribution in [0.15, 0.2) is 41.4 Å². The number of aromatic nitrogens is 1. The lowest BCUT2D eigenvalue weighted by molar-refractivity contribution is 0.0697. The highest BCUT2D eigenvalue weighted by Crippen LogP contribution is 2.23. The predicted molar refractivity (Wildman–Crippen MR) is 75.2 cm³/mol. The van der Waals surface area contributed by atoms with Crippen molar-refractivity contribution in [1.82, 2.24) is 4.98 Å². The van der Waals surface area contributed by atoms with E-state index in [1.807, 2.05) is 0 Å². The van der Waals surface area contributed by atoms with E-state index < -0.39 is 15.8 Å². The van der Waals surface area contributed by atoms with E-state index in [2.05, 4.69) is 4.98 Å². The second kappa shape index (κ2) is 5.41. The van der Waals surface area contributed by atoms with Gasteiger partial charge in [0.05, 0.1) is 22.3 Å². The Bertz CT molecular complexity index is 785. The molecule has 1 aromatic carbocycles. The molecule has 110 valence electrons. The van der Waals surface area contributed by atoms with Gasteiger partial charge in [-0.15, -0.1) is 0 Å². The van der Waals surface area contributed by atoms with Crippen molar-refractivity contribution >= 4 is 21.5 Å². The first kappa shape index (κ1) is 14.8. The molecule has 0 spiro atoms. The molecule has 0 aliphatic carbocycles. The van der Waals surface area contributed by atoms with E-state index in [0.717, 1.165) is 6.26 Å². The van der Waals surface area contributed by atoms with Gasteiger partial charge in [0.1, 0.15) is 5.75 Å². The summed E-state index contributed by atoms with van der Waals surface area (Å²) >= 11 is 0. The van der Waals surface area contributed by atoms with Crippen LogP contribution in [0.4, 0.5) is 5.69 Å². The first-order chi connectivity index (χ1) is 9.77. The zero-order valence-corrected chi connectivity index (χ0v) is 11.8. The molecule has 0 unspecified atom stereocenters. The molecule has 0 radical (unpaired) electrons. The van der Waals surface area contributed by atoms with Crippen LogP contribution < -0.4 is 10.5 Å². The molecule has 21 heavy (non-hydrogen) atoms. The van der Waals surface area contributed by atoms with Gasteiger partial charge < -0.3 is 15.6 Å². The topological polar surface area (TPSA) is 120 Å². The molecule has 0 saturated heterocycles. The third kappa shape index (κ3) is 3.48. The monoisotopic (exact) mass is 308 g/mol. The maximum atomic E-state index is 11.3. The number of sulfone groups is 1. The largest absolute Gasteiger partial charge is 0.478 e. The molecule has 0 atom stereocenters. The number of nitrogens with zero attached hydrogens (tertiary/aromatic N) is 1. The Morgan fingerprint density at radius 2 is 1.90 bits per heavy atom. The van der Waals surface area contributed by atoms with Crippen molar-refractivity contribution in [3.63, 3.8) is 0 Å². The Hall–Kier alpha value is -2.61. The SMILES string of the molecule is CS(=O)(=O)c1ccc(Oc2cc(C(=O)O)c(N)cn2)cc1. The summed E-state index contributed by atoms with van der Waals surface area (Å²) in [6.45, 7) is 0. The molecule has 0 aliphatic heterocycles. The molecule has 0 aliphatic rings. The van der Waals surface area contributed by atoms with Crippen molar-refractivity contribution in [3.05, 3.63) is 42.1 Å². The number of nitrogen functional groups attached to an aromatic ring is 1. The molecule has 1 aromatic heterocycles. The van der Waals surface area contributed by atoms with Crippen LogP contribution in [0.2, 0.25) is 0 Å². The maximum Gasteiger partial charge on any atom is 0.338 e. The van der Waals surface area contributed by atoms with Crippen LogP contribution in [0.25, 0.3) is 0 Å². The summed E-state index contributed by atoms with van der Waals surface area (Å²) in [5, 5.41) is 8.95. The lowest BCUT2D eigenvalue weighted by Crippen LogP contribution is -2.03. The molecule has 3 N–H and O–H groups in total. The van der Waals surface area contributed by atoms with Crippen molar-refractivity contribution in [2.45, 2.75) is 4.90 Å². The molecule has 0 saturated carbocycles. The number of carboxylic acid groups (broad SMARTS) is 1. The summed E-state index contributed by atoms with van der Waals surface area (Å²) in [7, 11) is -3.28. The van der Waals surface area contributed by atoms with Crippen LogP contribution in [0.3, 0.4) is 0 Å². The number of hydrogen-bond donors (Lipinski definition) is 2. The van der Waals surface area contributed by atoms with Crippen LogP contribution in [0.5, 0.6) is 11.6 Å². The highest BCUT2D eigenvalue weighted by Gasteiger charge is 2.11. The lowest BCUT2D eigenvalue weighted by Gasteiger charge is -2.07. The minimum absolute atomic E-state index is 0.0299. The minimum atomic E-state index is -3.28. The number of pyridine rings is 1. The number of hydrogen-bond acceptors (Lipinski definition) is 6. The summed E-state index contributed by atoms with van der Waals surface area (Å²) in [5.41, 5.74) is 5.40. The van der Waals surface area contributed by atoms with E-state index in [0.29, 0.717) is 5.75 Å². The van der Waals surface area contributed by atoms with E-state index >= 15 is 0 Å². The first-order valence-electron chi connectivity index (χ1n) is 5.74. The molecule has 0 amide bonds. The Morgan fingerprint density at radius 3 is 2.43 bits per heavy atom. The van der Waals surface area contributed by atoms with Crippen molar-refractivity contribution in [1.29, 1.82) is 0 Å². The molecule has 0 fully saturated rings. The van der Waals surface area contributed by atoms with Crippen LogP contribution in [-0.2, 0) is 9.84 Å². The van der Waals surface area contributed by atoms with Gasteiger partial charge in [0.25, 0.3) is 0 Å². The zero-order chi connectivity index (χ0) is 15.6. The summed E-state index contributed by atoms with van der Waals surface area (Å²) in [5.74, 6) is -0.808. The second-order valence-electron chi connectivity index (χ2n) is 4.26. The van der Waals surface area contributed by atoms with Gasteiger partial charge in [0.2, 0.25) is 5.88 Å². The Morgan fingerprint density at radius 1 is 1.29 bits per heavy atom. The van der Waals surface area contributed by atoms with Crippen molar-refractivity contribution in [2.75, 3.05) is 12.0 Å². The Balaban J connectivity index is 2.26. The van der Waals surface area contributed by atoms with Crippen molar-refractivity contribution < 1.29 is 23.1 Å². The molecule has 1 heterocycles. The van der Waals surface area contributed by atoms with E-state index in [-0.39, 0.29) is 22.0 Å². The quantitative estimate of drug-likeness (QED) is 0.879. The highest BCUT2D eigenvalue weighted by molar-refractivity contribution is 7.90. The van der Waals surface area contributed by atoms with Gasteiger partial charge >= 0.3 is 5.97 Å². The summed E-state index contributed by atoms with van der Waals surface area (Å²) in [4.78, 5) is 15.0. The van der Waals surface area contributed by atoms with Crippen LogP contribution >= 0.6 is 0 Å². The van der Waals surface area contributed by atoms with Crippen LogP contribution in [-0.4, -0.2) is 30.7 Å². The fourth-order valence-corrected chi connectivity index (χ4v) is 2.19. The van der Waals surface area contributed by atoms with E-state index in [1.54, 1.807) is 0 Å². The molecule has 2 aromatic rings. The Labute approximate surface area is 120 Å². The van der Waals surface area contributed by atoms with Gasteiger partial charge in [-0.3, -0.25) is 0 Å². The number of aromatic carboxylic acids is 1. The molecule has 7 nitrogen and oxygen atoms in total. The van der Waals surface area contributed by atoms with Gasteiger partial charge in [-0.05, 0) is 24.3 Å². The number of carbonyl (C=O) groups is 1. The normalized spacial score (nSPS) is 11.1. The van der Waals surface area contributed by atoms with Gasteiger partial charge in [-0.25, -0.2) is 18.2 Å². The molecule has 2 rings (SSSR count). The van der Waals surface area contributed by atoms with Gasteiger partial charge in [0, 0.05) is 12.3 Å².